The Balaban J connectivity index is 0.941. The Morgan fingerprint density at radius 1 is 0.540 bits per heavy atom. The molecular formula is C38H34N4O8. The van der Waals surface area contributed by atoms with Gasteiger partial charge in [0.25, 0.3) is 23.6 Å². The van der Waals surface area contributed by atoms with Crippen LogP contribution in [0.1, 0.15) is 11.1 Å². The fourth-order valence-corrected chi connectivity index (χ4v) is 6.96. The molecule has 4 aliphatic heterocycles. The lowest BCUT2D eigenvalue weighted by Crippen LogP contribution is -2.55. The normalized spacial score (nSPS) is 28.4. The van der Waals surface area contributed by atoms with E-state index in [-0.39, 0.29) is 38.0 Å². The number of benzene rings is 4. The third-order valence-electron chi connectivity index (χ3n) is 9.37. The summed E-state index contributed by atoms with van der Waals surface area (Å²) in [6, 6.07) is 36.8. The predicted octanol–water partition coefficient (Wildman–Crippen LogP) is 2.59. The fraction of sp³-hybridized carbons (Fsp3) is 0.263. The average molecular weight is 675 g/mol. The molecule has 4 saturated heterocycles. The Morgan fingerprint density at radius 2 is 0.880 bits per heavy atom. The molecule has 4 amide bonds. The van der Waals surface area contributed by atoms with E-state index in [4.69, 9.17) is 18.9 Å². The summed E-state index contributed by atoms with van der Waals surface area (Å²) >= 11 is 0. The van der Waals surface area contributed by atoms with Gasteiger partial charge >= 0.3 is 0 Å². The first-order chi connectivity index (χ1) is 24.4. The van der Waals surface area contributed by atoms with Crippen LogP contribution in [-0.2, 0) is 49.7 Å². The summed E-state index contributed by atoms with van der Waals surface area (Å²) in [6.07, 6.45) is -4.83. The third-order valence-corrected chi connectivity index (χ3v) is 9.37. The average Bonchev–Trinajstić information content (AvgIpc) is 3.70. The number of nitrogens with one attached hydrogen (secondary N) is 2. The lowest BCUT2D eigenvalue weighted by Gasteiger charge is -2.38. The van der Waals surface area contributed by atoms with E-state index in [0.29, 0.717) is 22.5 Å². The zero-order valence-electron chi connectivity index (χ0n) is 26.8. The molecule has 6 unspecified atom stereocenters. The summed E-state index contributed by atoms with van der Waals surface area (Å²) in [5, 5.41) is 5.53. The minimum absolute atomic E-state index is 0.0121. The molecule has 4 aliphatic rings. The molecule has 4 heterocycles. The van der Waals surface area contributed by atoms with Gasteiger partial charge in [0.05, 0.1) is 13.1 Å². The molecular weight excluding hydrogens is 640 g/mol. The van der Waals surface area contributed by atoms with Crippen LogP contribution in [0.3, 0.4) is 0 Å². The van der Waals surface area contributed by atoms with Crippen LogP contribution in [0.25, 0.3) is 0 Å². The molecule has 50 heavy (non-hydrogen) atoms. The Morgan fingerprint density at radius 3 is 1.24 bits per heavy atom. The smallest absolute Gasteiger partial charge is 0.259 e. The monoisotopic (exact) mass is 674 g/mol. The molecule has 0 aliphatic carbocycles. The van der Waals surface area contributed by atoms with E-state index in [1.165, 1.54) is 0 Å². The number of hydrogen-bond acceptors (Lipinski definition) is 8. The van der Waals surface area contributed by atoms with Crippen molar-refractivity contribution in [2.75, 3.05) is 36.0 Å². The van der Waals surface area contributed by atoms with Gasteiger partial charge in [0.1, 0.15) is 0 Å². The number of nitrogens with zero attached hydrogens (tertiary/aromatic N) is 2. The van der Waals surface area contributed by atoms with Crippen LogP contribution < -0.4 is 20.4 Å². The predicted molar refractivity (Wildman–Crippen MR) is 179 cm³/mol. The molecule has 0 saturated carbocycles. The van der Waals surface area contributed by atoms with Crippen molar-refractivity contribution in [3.05, 3.63) is 132 Å². The number of carbonyl (C=O) groups is 4. The lowest BCUT2D eigenvalue weighted by molar-refractivity contribution is -0.191. The summed E-state index contributed by atoms with van der Waals surface area (Å²) in [4.78, 5) is 57.4. The highest BCUT2D eigenvalue weighted by Crippen LogP contribution is 2.45. The molecule has 4 aromatic rings. The highest BCUT2D eigenvalue weighted by atomic mass is 16.8. The molecule has 0 radical (unpaired) electrons. The first-order valence-corrected chi connectivity index (χ1v) is 16.5. The standard InChI is InChI=1S/C38H34N4O8/c43-33(29-31-35(45)41(27-17-9-3-10-18-27)23-37(47-29,49-31)25-13-5-1-6-14-25)39-21-22-40-34(44)30-32-36(46)42(28-19-11-4-12-20-28)24-38(48-30,50-32)26-15-7-2-8-16-26/h1-20,29-32H,21-24H2,(H,39,43)(H,40,44). The number of amides is 4. The molecule has 12 nitrogen and oxygen atoms in total. The van der Waals surface area contributed by atoms with Crippen molar-refractivity contribution in [1.82, 2.24) is 10.6 Å². The summed E-state index contributed by atoms with van der Waals surface area (Å²) in [5.41, 5.74) is 2.69. The molecule has 4 bridgehead atoms. The number of rotatable bonds is 9. The second kappa shape index (κ2) is 12.8. The Kier molecular flexibility index (Phi) is 8.16. The number of hydrogen-bond donors (Lipinski definition) is 2. The molecule has 2 N–H and O–H groups in total. The van der Waals surface area contributed by atoms with Crippen molar-refractivity contribution in [1.29, 1.82) is 0 Å². The van der Waals surface area contributed by atoms with E-state index < -0.39 is 47.8 Å². The second-order valence-corrected chi connectivity index (χ2v) is 12.5. The van der Waals surface area contributed by atoms with Gasteiger partial charge in [-0.1, -0.05) is 97.1 Å². The SMILES string of the molecule is O=C(NCCNC(=O)C1OC2(c3ccccc3)CN(c3ccccc3)C(=O)C1O2)C1OC2(c3ccccc3)CN(c3ccccc3)C(=O)C1O2. The van der Waals surface area contributed by atoms with Crippen LogP contribution in [0.4, 0.5) is 11.4 Å². The summed E-state index contributed by atoms with van der Waals surface area (Å²) in [5.74, 6) is -4.59. The van der Waals surface area contributed by atoms with Gasteiger partial charge in [-0.2, -0.15) is 0 Å². The maximum atomic E-state index is 13.6. The van der Waals surface area contributed by atoms with Gasteiger partial charge in [0.2, 0.25) is 11.6 Å². The summed E-state index contributed by atoms with van der Waals surface area (Å²) in [7, 11) is 0. The fourth-order valence-electron chi connectivity index (χ4n) is 6.96. The van der Waals surface area contributed by atoms with Crippen molar-refractivity contribution < 1.29 is 38.1 Å². The number of fused-ring (bicyclic) bond motifs is 4. The van der Waals surface area contributed by atoms with Gasteiger partial charge in [-0.3, -0.25) is 19.2 Å². The molecule has 0 spiro atoms. The van der Waals surface area contributed by atoms with Crippen LogP contribution >= 0.6 is 0 Å². The molecule has 4 aromatic carbocycles. The van der Waals surface area contributed by atoms with Crippen molar-refractivity contribution >= 4 is 35.0 Å². The third kappa shape index (κ3) is 5.52. The van der Waals surface area contributed by atoms with Gasteiger partial charge in [-0.05, 0) is 24.3 Å². The van der Waals surface area contributed by atoms with Crippen molar-refractivity contribution in [2.45, 2.75) is 36.0 Å². The Hall–Kier alpha value is -5.40. The molecule has 12 heteroatoms. The van der Waals surface area contributed by atoms with Crippen molar-refractivity contribution in [2.24, 2.45) is 0 Å². The van der Waals surface area contributed by atoms with Gasteiger partial charge in [0, 0.05) is 35.6 Å². The second-order valence-electron chi connectivity index (χ2n) is 12.5. The van der Waals surface area contributed by atoms with E-state index in [0.717, 1.165) is 0 Å². The van der Waals surface area contributed by atoms with E-state index in [1.807, 2.05) is 121 Å². The molecule has 6 atom stereocenters. The van der Waals surface area contributed by atoms with Crippen molar-refractivity contribution in [3.8, 4) is 0 Å². The highest BCUT2D eigenvalue weighted by molar-refractivity contribution is 6.03. The van der Waals surface area contributed by atoms with Crippen LogP contribution in [0.15, 0.2) is 121 Å². The summed E-state index contributed by atoms with van der Waals surface area (Å²) in [6.45, 7) is 0.147. The van der Waals surface area contributed by atoms with Crippen LogP contribution in [0.5, 0.6) is 0 Å². The first-order valence-electron chi connectivity index (χ1n) is 16.5. The van der Waals surface area contributed by atoms with Gasteiger partial charge in [-0.25, -0.2) is 0 Å². The van der Waals surface area contributed by atoms with Crippen LogP contribution in [0.2, 0.25) is 0 Å². The topological polar surface area (TPSA) is 136 Å². The Bertz CT molecular complexity index is 1760. The van der Waals surface area contributed by atoms with Crippen LogP contribution in [0, 0.1) is 0 Å². The first kappa shape index (κ1) is 31.8. The van der Waals surface area contributed by atoms with E-state index >= 15 is 0 Å². The number of ether oxygens (including phenoxy) is 4. The zero-order chi connectivity index (χ0) is 34.3. The number of carbonyl (C=O) groups excluding carboxylic acids is 4. The van der Waals surface area contributed by atoms with Gasteiger partial charge in [0.15, 0.2) is 24.4 Å². The molecule has 254 valence electrons. The maximum absolute atomic E-state index is 13.6. The molecule has 8 rings (SSSR count). The van der Waals surface area contributed by atoms with E-state index in [1.54, 1.807) is 9.80 Å². The molecule has 4 fully saturated rings. The minimum atomic E-state index is -1.35. The highest BCUT2D eigenvalue weighted by Gasteiger charge is 2.61. The number of para-hydroxylation sites is 2. The maximum Gasteiger partial charge on any atom is 0.259 e. The zero-order valence-corrected chi connectivity index (χ0v) is 26.8. The van der Waals surface area contributed by atoms with E-state index in [9.17, 15) is 19.2 Å². The van der Waals surface area contributed by atoms with Crippen LogP contribution in [-0.4, -0.2) is 74.2 Å². The number of morpholine rings is 2. The quantitative estimate of drug-likeness (QED) is 0.259. The van der Waals surface area contributed by atoms with Crippen molar-refractivity contribution in [3.63, 3.8) is 0 Å². The molecule has 0 aromatic heterocycles. The van der Waals surface area contributed by atoms with Gasteiger partial charge < -0.3 is 39.4 Å². The minimum Gasteiger partial charge on any atom is -0.352 e. The Labute approximate surface area is 287 Å². The largest absolute Gasteiger partial charge is 0.352 e. The van der Waals surface area contributed by atoms with E-state index in [2.05, 4.69) is 10.6 Å². The number of anilines is 2. The lowest BCUT2D eigenvalue weighted by atomic mass is 10.0. The van der Waals surface area contributed by atoms with Gasteiger partial charge in [-0.15, -0.1) is 0 Å². The summed E-state index contributed by atoms with van der Waals surface area (Å²) < 4.78 is 25.0.